The first-order chi connectivity index (χ1) is 18.7. The molecule has 0 bridgehead atoms. The normalized spacial score (nSPS) is 18.3. The van der Waals surface area contributed by atoms with Gasteiger partial charge in [-0.3, -0.25) is 0 Å². The standard InChI is InChI=1S/C26H31N5O5S3/c1-38(32,33)18-4-16-36-23-6-2-5-22-21(23)13-15-31(22)24-12-14-27-26(29-24)28-19-8-10-20(11-9-19)30-39(34,35)25-7-3-17-37-25/h2-3,5-7,12-15,17,19-20,30H,4,8-11,16,18H2,1H3,(H,27,28,29)/t19-,20-. The monoisotopic (exact) mass is 589 g/mol. The molecule has 208 valence electrons. The average molecular weight is 590 g/mol. The van der Waals surface area contributed by atoms with Crippen molar-refractivity contribution >= 4 is 48.0 Å². The minimum Gasteiger partial charge on any atom is -0.493 e. The van der Waals surface area contributed by atoms with Crippen molar-refractivity contribution < 1.29 is 21.6 Å². The van der Waals surface area contributed by atoms with Crippen molar-refractivity contribution in [3.63, 3.8) is 0 Å². The third-order valence-electron chi connectivity index (χ3n) is 6.64. The molecule has 0 spiro atoms. The molecule has 2 N–H and O–H groups in total. The molecule has 1 saturated carbocycles. The lowest BCUT2D eigenvalue weighted by Gasteiger charge is -2.29. The van der Waals surface area contributed by atoms with Crippen LogP contribution < -0.4 is 14.8 Å². The summed E-state index contributed by atoms with van der Waals surface area (Å²) in [5.74, 6) is 2.01. The number of benzene rings is 1. The number of thiophene rings is 1. The Morgan fingerprint density at radius 2 is 1.82 bits per heavy atom. The van der Waals surface area contributed by atoms with Gasteiger partial charge in [0.05, 0.1) is 17.9 Å². The number of nitrogens with one attached hydrogen (secondary N) is 2. The molecule has 3 aromatic heterocycles. The Balaban J connectivity index is 1.21. The van der Waals surface area contributed by atoms with Crippen molar-refractivity contribution in [2.75, 3.05) is 23.9 Å². The predicted molar refractivity (Wildman–Crippen MR) is 153 cm³/mol. The zero-order valence-electron chi connectivity index (χ0n) is 21.5. The number of nitrogens with zero attached hydrogens (tertiary/aromatic N) is 3. The minimum absolute atomic E-state index is 0.0866. The van der Waals surface area contributed by atoms with Crippen LogP contribution in [-0.4, -0.2) is 62.1 Å². The minimum atomic E-state index is -3.47. The SMILES string of the molecule is CS(=O)(=O)CCCOc1cccc2c1ccn2-c1ccnc(N[C@H]2CC[C@H](NS(=O)(=O)c3cccs3)CC2)n1. The van der Waals surface area contributed by atoms with Gasteiger partial charge in [0.2, 0.25) is 16.0 Å². The van der Waals surface area contributed by atoms with Gasteiger partial charge in [-0.25, -0.2) is 26.5 Å². The summed E-state index contributed by atoms with van der Waals surface area (Å²) < 4.78 is 58.8. The van der Waals surface area contributed by atoms with E-state index in [9.17, 15) is 16.8 Å². The first-order valence-corrected chi connectivity index (χ1v) is 17.2. The summed E-state index contributed by atoms with van der Waals surface area (Å²) >= 11 is 1.22. The van der Waals surface area contributed by atoms with E-state index in [0.29, 0.717) is 34.8 Å². The number of fused-ring (bicyclic) bond motifs is 1. The lowest BCUT2D eigenvalue weighted by atomic mass is 9.92. The van der Waals surface area contributed by atoms with Gasteiger partial charge in [0.25, 0.3) is 0 Å². The van der Waals surface area contributed by atoms with E-state index in [1.54, 1.807) is 23.7 Å². The van der Waals surface area contributed by atoms with E-state index in [0.717, 1.165) is 36.6 Å². The fourth-order valence-electron chi connectivity index (χ4n) is 4.75. The van der Waals surface area contributed by atoms with Crippen LogP contribution >= 0.6 is 11.3 Å². The van der Waals surface area contributed by atoms with E-state index in [2.05, 4.69) is 15.0 Å². The van der Waals surface area contributed by atoms with E-state index < -0.39 is 19.9 Å². The van der Waals surface area contributed by atoms with Crippen molar-refractivity contribution in [1.82, 2.24) is 19.3 Å². The Bertz CT molecular complexity index is 1630. The maximum Gasteiger partial charge on any atom is 0.250 e. The Kier molecular flexibility index (Phi) is 8.21. The number of hydrogen-bond acceptors (Lipinski definition) is 9. The van der Waals surface area contributed by atoms with Crippen LogP contribution in [0.1, 0.15) is 32.1 Å². The second-order valence-corrected chi connectivity index (χ2v) is 14.8. The zero-order chi connectivity index (χ0) is 27.5. The van der Waals surface area contributed by atoms with Gasteiger partial charge in [-0.1, -0.05) is 12.1 Å². The molecule has 4 aromatic rings. The van der Waals surface area contributed by atoms with Crippen molar-refractivity contribution in [3.8, 4) is 11.6 Å². The van der Waals surface area contributed by atoms with Crippen LogP contribution in [0, 0.1) is 0 Å². The van der Waals surface area contributed by atoms with Gasteiger partial charge in [0.1, 0.15) is 25.6 Å². The van der Waals surface area contributed by atoms with Gasteiger partial charge in [-0.2, -0.15) is 4.98 Å². The third-order valence-corrected chi connectivity index (χ3v) is 10.6. The van der Waals surface area contributed by atoms with Crippen LogP contribution in [0.5, 0.6) is 5.75 Å². The van der Waals surface area contributed by atoms with E-state index in [1.807, 2.05) is 41.1 Å². The molecule has 1 aromatic carbocycles. The Labute approximate surface area is 232 Å². The van der Waals surface area contributed by atoms with Crippen molar-refractivity contribution in [2.45, 2.75) is 48.4 Å². The number of sulfone groups is 1. The highest BCUT2D eigenvalue weighted by atomic mass is 32.2. The largest absolute Gasteiger partial charge is 0.493 e. The highest BCUT2D eigenvalue weighted by Crippen LogP contribution is 2.29. The number of hydrogen-bond donors (Lipinski definition) is 2. The Hall–Kier alpha value is -3.00. The summed E-state index contributed by atoms with van der Waals surface area (Å²) in [6.45, 7) is 0.316. The Morgan fingerprint density at radius 1 is 1.03 bits per heavy atom. The fourth-order valence-corrected chi connectivity index (χ4v) is 7.71. The van der Waals surface area contributed by atoms with Crippen molar-refractivity contribution in [3.05, 3.63) is 60.2 Å². The molecule has 0 atom stereocenters. The highest BCUT2D eigenvalue weighted by molar-refractivity contribution is 7.91. The smallest absolute Gasteiger partial charge is 0.250 e. The van der Waals surface area contributed by atoms with E-state index in [4.69, 9.17) is 9.72 Å². The molecule has 1 fully saturated rings. The zero-order valence-corrected chi connectivity index (χ0v) is 23.9. The average Bonchev–Trinajstić information content (AvgIpc) is 3.59. The molecule has 0 radical (unpaired) electrons. The van der Waals surface area contributed by atoms with Crippen LogP contribution in [0.15, 0.2) is 64.4 Å². The number of ether oxygens (including phenoxy) is 1. The molecule has 0 amide bonds. The summed E-state index contributed by atoms with van der Waals surface area (Å²) in [5, 5.41) is 6.09. The van der Waals surface area contributed by atoms with E-state index >= 15 is 0 Å². The second-order valence-electron chi connectivity index (χ2n) is 9.69. The third kappa shape index (κ3) is 6.96. The molecular weight excluding hydrogens is 559 g/mol. The van der Waals surface area contributed by atoms with Gasteiger partial charge in [0, 0.05) is 36.1 Å². The van der Waals surface area contributed by atoms with Gasteiger partial charge in [0.15, 0.2) is 0 Å². The van der Waals surface area contributed by atoms with Gasteiger partial charge < -0.3 is 14.6 Å². The topological polar surface area (TPSA) is 132 Å². The van der Waals surface area contributed by atoms with Crippen molar-refractivity contribution in [1.29, 1.82) is 0 Å². The first kappa shape index (κ1) is 27.6. The summed E-state index contributed by atoms with van der Waals surface area (Å²) in [6, 6.07) is 13.0. The predicted octanol–water partition coefficient (Wildman–Crippen LogP) is 4.00. The van der Waals surface area contributed by atoms with Crippen molar-refractivity contribution in [2.24, 2.45) is 0 Å². The summed E-state index contributed by atoms with van der Waals surface area (Å²) in [4.78, 5) is 9.13. The van der Waals surface area contributed by atoms with E-state index in [1.165, 1.54) is 17.6 Å². The molecule has 39 heavy (non-hydrogen) atoms. The summed E-state index contributed by atoms with van der Waals surface area (Å²) in [7, 11) is -6.49. The number of rotatable bonds is 11. The second kappa shape index (κ2) is 11.6. The van der Waals surface area contributed by atoms with E-state index in [-0.39, 0.29) is 17.8 Å². The lowest BCUT2D eigenvalue weighted by molar-refractivity contribution is 0.321. The molecule has 1 aliphatic rings. The number of aromatic nitrogens is 3. The maximum absolute atomic E-state index is 12.5. The molecular formula is C26H31N5O5S3. The fraction of sp³-hybridized carbons (Fsp3) is 0.385. The first-order valence-electron chi connectivity index (χ1n) is 12.7. The summed E-state index contributed by atoms with van der Waals surface area (Å²) in [5.41, 5.74) is 0.916. The van der Waals surface area contributed by atoms with Crippen LogP contribution in [-0.2, 0) is 19.9 Å². The van der Waals surface area contributed by atoms with Gasteiger partial charge in [-0.15, -0.1) is 11.3 Å². The molecule has 10 nitrogen and oxygen atoms in total. The van der Waals surface area contributed by atoms with Crippen LogP contribution in [0.25, 0.3) is 16.7 Å². The Morgan fingerprint density at radius 3 is 2.56 bits per heavy atom. The molecule has 13 heteroatoms. The highest BCUT2D eigenvalue weighted by Gasteiger charge is 2.26. The molecule has 5 rings (SSSR count). The van der Waals surface area contributed by atoms with Crippen LogP contribution in [0.4, 0.5) is 5.95 Å². The molecule has 1 aliphatic carbocycles. The molecule has 0 aliphatic heterocycles. The maximum atomic E-state index is 12.5. The molecule has 0 saturated heterocycles. The quantitative estimate of drug-likeness (QED) is 0.251. The van der Waals surface area contributed by atoms with Crippen LogP contribution in [0.2, 0.25) is 0 Å². The molecule has 3 heterocycles. The number of sulfonamides is 1. The van der Waals surface area contributed by atoms with Gasteiger partial charge in [-0.05, 0) is 67.8 Å². The molecule has 0 unspecified atom stereocenters. The van der Waals surface area contributed by atoms with Gasteiger partial charge >= 0.3 is 0 Å². The lowest BCUT2D eigenvalue weighted by Crippen LogP contribution is -2.40. The van der Waals surface area contributed by atoms with Crippen LogP contribution in [0.3, 0.4) is 0 Å². The summed E-state index contributed by atoms with van der Waals surface area (Å²) in [6.07, 6.45) is 8.36. The number of anilines is 1.